The van der Waals surface area contributed by atoms with Crippen LogP contribution in [-0.4, -0.2) is 44.7 Å². The molecule has 1 amide bonds. The molecule has 0 aliphatic rings. The van der Waals surface area contributed by atoms with Gasteiger partial charge in [-0.05, 0) is 18.7 Å². The number of carboxylic acid groups (broad SMARTS) is 2. The number of nitrogens with one attached hydrogen (secondary N) is 1. The molecule has 2 aromatic heterocycles. The number of amides is 1. The van der Waals surface area contributed by atoms with Crippen molar-refractivity contribution < 1.29 is 33.5 Å². The molecule has 0 radical (unpaired) electrons. The molecule has 0 aromatic carbocycles. The number of aliphatic carboxylic acids is 2. The number of carboxylic acids is 2. The summed E-state index contributed by atoms with van der Waals surface area (Å²) in [6, 6.07) is 3.21. The lowest BCUT2D eigenvalue weighted by Crippen LogP contribution is -2.22. The van der Waals surface area contributed by atoms with Crippen LogP contribution in [0.3, 0.4) is 0 Å². The molecule has 0 bridgehead atoms. The number of rotatable bonds is 5. The molecule has 11 nitrogen and oxygen atoms in total. The Hall–Kier alpha value is -3.21. The van der Waals surface area contributed by atoms with E-state index in [9.17, 15) is 4.79 Å². The maximum absolute atomic E-state index is 11.5. The minimum Gasteiger partial charge on any atom is -0.473 e. The van der Waals surface area contributed by atoms with Crippen LogP contribution in [0.25, 0.3) is 0 Å². The zero-order chi connectivity index (χ0) is 17.2. The van der Waals surface area contributed by atoms with Gasteiger partial charge in [0.15, 0.2) is 11.6 Å². The van der Waals surface area contributed by atoms with E-state index in [1.54, 1.807) is 12.1 Å². The van der Waals surface area contributed by atoms with Crippen molar-refractivity contribution >= 4 is 17.8 Å². The lowest BCUT2D eigenvalue weighted by Gasteiger charge is -1.97. The van der Waals surface area contributed by atoms with E-state index < -0.39 is 11.9 Å². The lowest BCUT2D eigenvalue weighted by molar-refractivity contribution is -0.159. The Bertz CT molecular complexity index is 638. The van der Waals surface area contributed by atoms with Gasteiger partial charge in [-0.25, -0.2) is 9.59 Å². The summed E-state index contributed by atoms with van der Waals surface area (Å²) < 4.78 is 9.86. The smallest absolute Gasteiger partial charge is 0.414 e. The first-order valence-electron chi connectivity index (χ1n) is 6.23. The minimum atomic E-state index is -1.82. The first-order valence-corrected chi connectivity index (χ1v) is 6.23. The topological polar surface area (TPSA) is 182 Å². The van der Waals surface area contributed by atoms with Crippen molar-refractivity contribution in [3.8, 4) is 0 Å². The first kappa shape index (κ1) is 17.8. The van der Waals surface area contributed by atoms with Crippen LogP contribution in [0.15, 0.2) is 27.3 Å². The summed E-state index contributed by atoms with van der Waals surface area (Å²) in [6.45, 7) is 0.620. The summed E-state index contributed by atoms with van der Waals surface area (Å²) in [5.74, 6) is -2.85. The second-order valence-corrected chi connectivity index (χ2v) is 3.91. The lowest BCUT2D eigenvalue weighted by atomic mass is 10.4. The Kier molecular flexibility index (Phi) is 6.94. The van der Waals surface area contributed by atoms with E-state index >= 15 is 0 Å². The highest BCUT2D eigenvalue weighted by molar-refractivity contribution is 6.27. The average Bonchev–Trinajstić information content (AvgIpc) is 3.17. The van der Waals surface area contributed by atoms with Crippen LogP contribution in [0.4, 0.5) is 0 Å². The third kappa shape index (κ3) is 6.39. The molecule has 2 rings (SSSR count). The first-order chi connectivity index (χ1) is 10.9. The quantitative estimate of drug-likeness (QED) is 0.510. The molecule has 0 saturated heterocycles. The van der Waals surface area contributed by atoms with E-state index in [0.717, 1.165) is 0 Å². The highest BCUT2D eigenvalue weighted by Crippen LogP contribution is 2.01. The van der Waals surface area contributed by atoms with Crippen LogP contribution in [0.2, 0.25) is 0 Å². The fourth-order valence-electron chi connectivity index (χ4n) is 1.24. The van der Waals surface area contributed by atoms with Crippen LogP contribution in [0.1, 0.15) is 22.3 Å². The number of carbonyl (C=O) groups excluding carboxylic acids is 1. The Labute approximate surface area is 129 Å². The van der Waals surface area contributed by atoms with Crippen molar-refractivity contribution in [2.45, 2.75) is 13.0 Å². The summed E-state index contributed by atoms with van der Waals surface area (Å²) in [5.41, 5.74) is 5.35. The zero-order valence-electron chi connectivity index (χ0n) is 11.8. The van der Waals surface area contributed by atoms with E-state index in [0.29, 0.717) is 24.7 Å². The van der Waals surface area contributed by atoms with Crippen molar-refractivity contribution in [3.05, 3.63) is 35.9 Å². The Morgan fingerprint density at radius 1 is 1.26 bits per heavy atom. The molecule has 0 saturated carbocycles. The fraction of sp³-hybridized carbons (Fsp3) is 0.250. The molecule has 2 heterocycles. The van der Waals surface area contributed by atoms with E-state index in [2.05, 4.69) is 15.5 Å². The van der Waals surface area contributed by atoms with Crippen LogP contribution in [0, 0.1) is 0 Å². The predicted molar refractivity (Wildman–Crippen MR) is 72.2 cm³/mol. The molecular formula is C12H14N4O7. The number of aromatic nitrogens is 2. The third-order valence-electron chi connectivity index (χ3n) is 2.21. The normalized spacial score (nSPS) is 9.61. The van der Waals surface area contributed by atoms with Crippen molar-refractivity contribution in [1.29, 1.82) is 0 Å². The van der Waals surface area contributed by atoms with Gasteiger partial charge in [-0.15, -0.1) is 0 Å². The van der Waals surface area contributed by atoms with E-state index in [4.69, 9.17) is 34.5 Å². The van der Waals surface area contributed by atoms with Gasteiger partial charge in [0.1, 0.15) is 0 Å². The largest absolute Gasteiger partial charge is 0.473 e. The van der Waals surface area contributed by atoms with Crippen molar-refractivity contribution in [3.63, 3.8) is 0 Å². The second kappa shape index (κ2) is 8.94. The molecule has 0 atom stereocenters. The molecule has 0 fully saturated rings. The summed E-state index contributed by atoms with van der Waals surface area (Å²) in [4.78, 5) is 33.7. The molecule has 0 unspecified atom stereocenters. The molecule has 124 valence electrons. The van der Waals surface area contributed by atoms with Gasteiger partial charge < -0.3 is 30.2 Å². The van der Waals surface area contributed by atoms with Crippen LogP contribution >= 0.6 is 0 Å². The summed E-state index contributed by atoms with van der Waals surface area (Å²) >= 11 is 0. The van der Waals surface area contributed by atoms with Gasteiger partial charge in [-0.2, -0.15) is 4.98 Å². The number of hydrogen-bond donors (Lipinski definition) is 4. The van der Waals surface area contributed by atoms with Gasteiger partial charge in [0, 0.05) is 6.42 Å². The molecule has 0 spiro atoms. The predicted octanol–water partition coefficient (Wildman–Crippen LogP) is -0.751. The number of hydrogen-bond acceptors (Lipinski definition) is 8. The maximum atomic E-state index is 11.5. The van der Waals surface area contributed by atoms with Crippen LogP contribution < -0.4 is 11.1 Å². The number of carbonyl (C=O) groups is 3. The summed E-state index contributed by atoms with van der Waals surface area (Å²) in [7, 11) is 0. The number of nitrogens with two attached hydrogens (primary N) is 1. The van der Waals surface area contributed by atoms with Crippen molar-refractivity contribution in [2.75, 3.05) is 6.54 Å². The monoisotopic (exact) mass is 326 g/mol. The Morgan fingerprint density at radius 2 is 1.96 bits per heavy atom. The van der Waals surface area contributed by atoms with E-state index in [1.807, 2.05) is 0 Å². The van der Waals surface area contributed by atoms with Crippen molar-refractivity contribution in [1.82, 2.24) is 15.5 Å². The van der Waals surface area contributed by atoms with E-state index in [1.165, 1.54) is 6.26 Å². The molecule has 11 heteroatoms. The van der Waals surface area contributed by atoms with Gasteiger partial charge in [0.25, 0.3) is 5.91 Å². The maximum Gasteiger partial charge on any atom is 0.414 e. The van der Waals surface area contributed by atoms with Crippen LogP contribution in [-0.2, 0) is 22.6 Å². The molecule has 0 aliphatic carbocycles. The van der Waals surface area contributed by atoms with Gasteiger partial charge in [-0.3, -0.25) is 4.79 Å². The zero-order valence-corrected chi connectivity index (χ0v) is 11.8. The molecule has 5 N–H and O–H groups in total. The number of nitrogens with zero attached hydrogens (tertiary/aromatic N) is 2. The average molecular weight is 326 g/mol. The molecule has 0 aliphatic heterocycles. The Balaban J connectivity index is 0.000000379. The highest BCUT2D eigenvalue weighted by atomic mass is 16.5. The van der Waals surface area contributed by atoms with Gasteiger partial charge in [-0.1, -0.05) is 5.16 Å². The minimum absolute atomic E-state index is 0.164. The van der Waals surface area contributed by atoms with Crippen LogP contribution in [0.5, 0.6) is 0 Å². The Morgan fingerprint density at radius 3 is 2.48 bits per heavy atom. The van der Waals surface area contributed by atoms with Gasteiger partial charge in [0.05, 0.1) is 12.8 Å². The summed E-state index contributed by atoms with van der Waals surface area (Å²) in [5, 5.41) is 21.1. The fourth-order valence-corrected chi connectivity index (χ4v) is 1.24. The number of furan rings is 1. The molecular weight excluding hydrogens is 312 g/mol. The molecule has 23 heavy (non-hydrogen) atoms. The highest BCUT2D eigenvalue weighted by Gasteiger charge is 2.10. The SMILES string of the molecule is NCCc1noc(CNC(=O)c2ccco2)n1.O=C(O)C(=O)O. The standard InChI is InChI=1S/C10H12N4O3.C2H2O4/c11-4-3-8-13-9(17-14-8)6-12-10(15)7-2-1-5-16-7;3-1(4)2(5)6/h1-2,5H,3-4,6,11H2,(H,12,15);(H,3,4)(H,5,6). The molecule has 2 aromatic rings. The second-order valence-electron chi connectivity index (χ2n) is 3.91. The van der Waals surface area contributed by atoms with E-state index in [-0.39, 0.29) is 18.2 Å². The summed E-state index contributed by atoms with van der Waals surface area (Å²) in [6.07, 6.45) is 1.98. The van der Waals surface area contributed by atoms with Crippen molar-refractivity contribution in [2.24, 2.45) is 5.73 Å². The van der Waals surface area contributed by atoms with Gasteiger partial charge >= 0.3 is 11.9 Å². The van der Waals surface area contributed by atoms with Gasteiger partial charge in [0.2, 0.25) is 5.89 Å². The third-order valence-corrected chi connectivity index (χ3v) is 2.21.